The summed E-state index contributed by atoms with van der Waals surface area (Å²) in [6.45, 7) is 0.669. The second kappa shape index (κ2) is 6.97. The Hall–Kier alpha value is -0.780. The van der Waals surface area contributed by atoms with E-state index in [1.807, 2.05) is 6.07 Å². The van der Waals surface area contributed by atoms with Crippen molar-refractivity contribution in [1.29, 1.82) is 0 Å². The Morgan fingerprint density at radius 1 is 1.28 bits per heavy atom. The number of rotatable bonds is 6. The molecule has 0 spiro atoms. The summed E-state index contributed by atoms with van der Waals surface area (Å²) in [5, 5.41) is 0.522. The van der Waals surface area contributed by atoms with Crippen molar-refractivity contribution in [1.82, 2.24) is 0 Å². The second-order valence-corrected chi connectivity index (χ2v) is 4.31. The molecular formula is C12H15ClF3NO. The Labute approximate surface area is 109 Å². The fourth-order valence-corrected chi connectivity index (χ4v) is 1.65. The molecule has 0 atom stereocenters. The van der Waals surface area contributed by atoms with Crippen molar-refractivity contribution in [2.45, 2.75) is 32.2 Å². The molecule has 0 heterocycles. The highest BCUT2D eigenvalue weighted by molar-refractivity contribution is 6.31. The third kappa shape index (κ3) is 5.71. The molecule has 1 aromatic rings. The summed E-state index contributed by atoms with van der Waals surface area (Å²) in [7, 11) is 0. The van der Waals surface area contributed by atoms with Gasteiger partial charge in [0.25, 0.3) is 0 Å². The molecule has 102 valence electrons. The van der Waals surface area contributed by atoms with Crippen LogP contribution in [0.1, 0.15) is 24.0 Å². The van der Waals surface area contributed by atoms with E-state index in [4.69, 9.17) is 22.1 Å². The molecule has 1 aromatic carbocycles. The standard InChI is InChI=1S/C12H15ClF3NO/c13-11-6-9(7-17)2-3-10(11)8-18-5-1-4-12(14,15)16/h2-3,6H,1,4-5,7-8,17H2. The van der Waals surface area contributed by atoms with Crippen molar-refractivity contribution in [3.8, 4) is 0 Å². The molecule has 0 saturated carbocycles. The van der Waals surface area contributed by atoms with Gasteiger partial charge in [-0.1, -0.05) is 23.7 Å². The summed E-state index contributed by atoms with van der Waals surface area (Å²) < 4.78 is 40.7. The minimum Gasteiger partial charge on any atom is -0.377 e. The van der Waals surface area contributed by atoms with Gasteiger partial charge in [-0.05, 0) is 23.6 Å². The van der Waals surface area contributed by atoms with Crippen molar-refractivity contribution in [2.24, 2.45) is 5.73 Å². The first-order chi connectivity index (χ1) is 8.42. The molecule has 0 aliphatic carbocycles. The number of halogens is 4. The maximum Gasteiger partial charge on any atom is 0.389 e. The van der Waals surface area contributed by atoms with E-state index in [-0.39, 0.29) is 19.6 Å². The van der Waals surface area contributed by atoms with E-state index < -0.39 is 12.6 Å². The number of alkyl halides is 3. The van der Waals surface area contributed by atoms with Gasteiger partial charge in [0.15, 0.2) is 0 Å². The number of ether oxygens (including phenoxy) is 1. The van der Waals surface area contributed by atoms with Crippen LogP contribution in [0, 0.1) is 0 Å². The average molecular weight is 282 g/mol. The second-order valence-electron chi connectivity index (χ2n) is 3.90. The predicted molar refractivity (Wildman–Crippen MR) is 64.3 cm³/mol. The summed E-state index contributed by atoms with van der Waals surface area (Å²) in [5.41, 5.74) is 7.11. The monoisotopic (exact) mass is 281 g/mol. The van der Waals surface area contributed by atoms with Gasteiger partial charge in [0.05, 0.1) is 6.61 Å². The molecule has 6 heteroatoms. The van der Waals surface area contributed by atoms with Crippen LogP contribution in [0.25, 0.3) is 0 Å². The van der Waals surface area contributed by atoms with Crippen LogP contribution >= 0.6 is 11.6 Å². The maximum atomic E-state index is 11.9. The predicted octanol–water partition coefficient (Wildman–Crippen LogP) is 3.66. The van der Waals surface area contributed by atoms with Crippen molar-refractivity contribution < 1.29 is 17.9 Å². The Kier molecular flexibility index (Phi) is 5.91. The molecule has 0 unspecified atom stereocenters. The van der Waals surface area contributed by atoms with Gasteiger partial charge in [0.2, 0.25) is 0 Å². The summed E-state index contributed by atoms with van der Waals surface area (Å²) in [6, 6.07) is 5.32. The van der Waals surface area contributed by atoms with Crippen LogP contribution in [0.2, 0.25) is 5.02 Å². The first kappa shape index (κ1) is 15.3. The molecule has 0 aliphatic heterocycles. The lowest BCUT2D eigenvalue weighted by molar-refractivity contribution is -0.138. The molecule has 0 aliphatic rings. The third-order valence-electron chi connectivity index (χ3n) is 2.36. The molecule has 0 radical (unpaired) electrons. The van der Waals surface area contributed by atoms with Crippen molar-refractivity contribution in [3.05, 3.63) is 34.3 Å². The highest BCUT2D eigenvalue weighted by Gasteiger charge is 2.25. The minimum atomic E-state index is -4.12. The molecule has 0 bridgehead atoms. The van der Waals surface area contributed by atoms with Crippen LogP contribution in [0.4, 0.5) is 13.2 Å². The normalized spacial score (nSPS) is 11.8. The van der Waals surface area contributed by atoms with Crippen molar-refractivity contribution in [3.63, 3.8) is 0 Å². The lowest BCUT2D eigenvalue weighted by Crippen LogP contribution is -2.08. The molecular weight excluding hydrogens is 267 g/mol. The van der Waals surface area contributed by atoms with Crippen LogP contribution in [-0.2, 0) is 17.9 Å². The van der Waals surface area contributed by atoms with Gasteiger partial charge in [-0.15, -0.1) is 0 Å². The van der Waals surface area contributed by atoms with E-state index in [1.165, 1.54) is 0 Å². The van der Waals surface area contributed by atoms with Crippen LogP contribution < -0.4 is 5.73 Å². The van der Waals surface area contributed by atoms with E-state index >= 15 is 0 Å². The fraction of sp³-hybridized carbons (Fsp3) is 0.500. The van der Waals surface area contributed by atoms with Gasteiger partial charge in [-0.25, -0.2) is 0 Å². The number of hydrogen-bond acceptors (Lipinski definition) is 2. The first-order valence-electron chi connectivity index (χ1n) is 5.54. The zero-order chi connectivity index (χ0) is 13.6. The van der Waals surface area contributed by atoms with Gasteiger partial charge in [0, 0.05) is 24.6 Å². The van der Waals surface area contributed by atoms with Crippen molar-refractivity contribution in [2.75, 3.05) is 6.61 Å². The molecule has 18 heavy (non-hydrogen) atoms. The quantitative estimate of drug-likeness (QED) is 0.808. The van der Waals surface area contributed by atoms with E-state index in [1.54, 1.807) is 12.1 Å². The van der Waals surface area contributed by atoms with Crippen LogP contribution in [-0.4, -0.2) is 12.8 Å². The number of nitrogens with two attached hydrogens (primary N) is 1. The molecule has 1 rings (SSSR count). The maximum absolute atomic E-state index is 11.9. The summed E-state index contributed by atoms with van der Waals surface area (Å²) in [5.74, 6) is 0. The van der Waals surface area contributed by atoms with Crippen LogP contribution in [0.5, 0.6) is 0 Å². The molecule has 2 nitrogen and oxygen atoms in total. The molecule has 0 saturated heterocycles. The zero-order valence-electron chi connectivity index (χ0n) is 9.77. The Morgan fingerprint density at radius 2 is 2.00 bits per heavy atom. The van der Waals surface area contributed by atoms with Gasteiger partial charge >= 0.3 is 6.18 Å². The first-order valence-corrected chi connectivity index (χ1v) is 5.92. The number of hydrogen-bond donors (Lipinski definition) is 1. The lowest BCUT2D eigenvalue weighted by Gasteiger charge is -2.08. The highest BCUT2D eigenvalue weighted by atomic mass is 35.5. The van der Waals surface area contributed by atoms with E-state index in [0.29, 0.717) is 11.6 Å². The SMILES string of the molecule is NCc1ccc(COCCCC(F)(F)F)c(Cl)c1. The summed E-state index contributed by atoms with van der Waals surface area (Å²) >= 11 is 5.98. The van der Waals surface area contributed by atoms with Crippen molar-refractivity contribution >= 4 is 11.6 Å². The largest absolute Gasteiger partial charge is 0.389 e. The minimum absolute atomic E-state index is 0.0397. The molecule has 0 aromatic heterocycles. The Balaban J connectivity index is 2.31. The van der Waals surface area contributed by atoms with E-state index in [2.05, 4.69) is 0 Å². The molecule has 0 fully saturated rings. The molecule has 2 N–H and O–H groups in total. The zero-order valence-corrected chi connectivity index (χ0v) is 10.5. The van der Waals surface area contributed by atoms with Gasteiger partial charge < -0.3 is 10.5 Å². The fourth-order valence-electron chi connectivity index (χ4n) is 1.39. The van der Waals surface area contributed by atoms with Gasteiger partial charge in [0.1, 0.15) is 0 Å². The summed E-state index contributed by atoms with van der Waals surface area (Å²) in [4.78, 5) is 0. The third-order valence-corrected chi connectivity index (χ3v) is 2.71. The highest BCUT2D eigenvalue weighted by Crippen LogP contribution is 2.22. The lowest BCUT2D eigenvalue weighted by atomic mass is 10.1. The number of benzene rings is 1. The van der Waals surface area contributed by atoms with E-state index in [9.17, 15) is 13.2 Å². The van der Waals surface area contributed by atoms with Gasteiger partial charge in [-0.2, -0.15) is 13.2 Å². The van der Waals surface area contributed by atoms with Crippen LogP contribution in [0.3, 0.4) is 0 Å². The topological polar surface area (TPSA) is 35.2 Å². The average Bonchev–Trinajstić information content (AvgIpc) is 2.29. The smallest absolute Gasteiger partial charge is 0.377 e. The van der Waals surface area contributed by atoms with Gasteiger partial charge in [-0.3, -0.25) is 0 Å². The van der Waals surface area contributed by atoms with E-state index in [0.717, 1.165) is 11.1 Å². The summed E-state index contributed by atoms with van der Waals surface area (Å²) in [6.07, 6.45) is -4.99. The van der Waals surface area contributed by atoms with Crippen LogP contribution in [0.15, 0.2) is 18.2 Å². The Bertz CT molecular complexity index is 382. The molecule has 0 amide bonds. The Morgan fingerprint density at radius 3 is 2.56 bits per heavy atom.